The number of aromatic nitrogens is 3. The first-order valence-electron chi connectivity index (χ1n) is 11.6. The molecule has 0 aliphatic heterocycles. The van der Waals surface area contributed by atoms with Crippen LogP contribution in [0.2, 0.25) is 0 Å². The zero-order chi connectivity index (χ0) is 25.1. The van der Waals surface area contributed by atoms with E-state index in [1.165, 1.54) is 5.56 Å². The van der Waals surface area contributed by atoms with Crippen LogP contribution in [-0.2, 0) is 13.6 Å². The maximum Gasteiger partial charge on any atom is 0.273 e. The molecule has 3 N–H and O–H groups in total. The number of rotatable bonds is 9. The molecule has 3 heterocycles. The smallest absolute Gasteiger partial charge is 0.273 e. The van der Waals surface area contributed by atoms with Gasteiger partial charge in [-0.3, -0.25) is 9.59 Å². The Morgan fingerprint density at radius 2 is 1.80 bits per heavy atom. The Balaban J connectivity index is 1.51. The van der Waals surface area contributed by atoms with E-state index in [2.05, 4.69) is 46.8 Å². The first-order valence-corrected chi connectivity index (χ1v) is 11.6. The number of aryl methyl sites for hydroxylation is 1. The SMILES string of the molecule is CC(C)c1ccc(C(CNC(=O)c2cc(CN(C)C)on2)NC(=O)c2cc3c(ccn3C)[nH]2)cc1. The Bertz CT molecular complexity index is 1310. The summed E-state index contributed by atoms with van der Waals surface area (Å²) >= 11 is 0. The molecule has 184 valence electrons. The second-order valence-corrected chi connectivity index (χ2v) is 9.38. The summed E-state index contributed by atoms with van der Waals surface area (Å²) < 4.78 is 7.20. The van der Waals surface area contributed by atoms with E-state index in [4.69, 9.17) is 4.52 Å². The van der Waals surface area contributed by atoms with Gasteiger partial charge in [0, 0.05) is 25.9 Å². The molecule has 0 saturated carbocycles. The Labute approximate surface area is 204 Å². The number of H-pyrrole nitrogens is 1. The predicted molar refractivity (Wildman–Crippen MR) is 134 cm³/mol. The lowest BCUT2D eigenvalue weighted by Crippen LogP contribution is -2.38. The molecule has 35 heavy (non-hydrogen) atoms. The zero-order valence-corrected chi connectivity index (χ0v) is 20.8. The third-order valence-electron chi connectivity index (χ3n) is 5.96. The molecule has 4 aromatic rings. The van der Waals surface area contributed by atoms with Gasteiger partial charge in [0.05, 0.1) is 23.6 Å². The van der Waals surface area contributed by atoms with Crippen LogP contribution in [0.4, 0.5) is 0 Å². The van der Waals surface area contributed by atoms with E-state index < -0.39 is 6.04 Å². The van der Waals surface area contributed by atoms with E-state index in [-0.39, 0.29) is 24.1 Å². The number of carbonyl (C=O) groups is 2. The van der Waals surface area contributed by atoms with E-state index in [0.717, 1.165) is 16.6 Å². The summed E-state index contributed by atoms with van der Waals surface area (Å²) in [5.74, 6) is 0.394. The van der Waals surface area contributed by atoms with Crippen molar-refractivity contribution in [1.82, 2.24) is 30.2 Å². The van der Waals surface area contributed by atoms with Gasteiger partial charge in [0.15, 0.2) is 11.5 Å². The van der Waals surface area contributed by atoms with Gasteiger partial charge in [0.1, 0.15) is 5.69 Å². The summed E-state index contributed by atoms with van der Waals surface area (Å²) in [6.45, 7) is 5.01. The monoisotopic (exact) mass is 476 g/mol. The molecule has 1 aromatic carbocycles. The molecule has 0 bridgehead atoms. The van der Waals surface area contributed by atoms with Crippen molar-refractivity contribution in [3.05, 3.63) is 76.9 Å². The molecule has 0 fully saturated rings. The molecule has 4 rings (SSSR count). The minimum atomic E-state index is -0.438. The lowest BCUT2D eigenvalue weighted by Gasteiger charge is -2.20. The van der Waals surface area contributed by atoms with Crippen LogP contribution < -0.4 is 10.6 Å². The fourth-order valence-electron chi connectivity index (χ4n) is 3.96. The highest BCUT2D eigenvalue weighted by molar-refractivity contribution is 5.97. The third-order valence-corrected chi connectivity index (χ3v) is 5.96. The summed E-state index contributed by atoms with van der Waals surface area (Å²) in [6, 6.07) is 13.0. The fourth-order valence-corrected chi connectivity index (χ4v) is 3.96. The second kappa shape index (κ2) is 10.2. The molecule has 1 unspecified atom stereocenters. The number of nitrogens with one attached hydrogen (secondary N) is 3. The molecule has 9 heteroatoms. The van der Waals surface area contributed by atoms with Gasteiger partial charge >= 0.3 is 0 Å². The Kier molecular flexibility index (Phi) is 7.07. The van der Waals surface area contributed by atoms with Crippen molar-refractivity contribution in [3.63, 3.8) is 0 Å². The Hall–Kier alpha value is -3.85. The molecule has 0 radical (unpaired) electrons. The summed E-state index contributed by atoms with van der Waals surface area (Å²) in [4.78, 5) is 30.9. The number of carbonyl (C=O) groups excluding carboxylic acids is 2. The van der Waals surface area contributed by atoms with Crippen molar-refractivity contribution in [1.29, 1.82) is 0 Å². The minimum Gasteiger partial charge on any atom is -0.359 e. The lowest BCUT2D eigenvalue weighted by molar-refractivity contribution is 0.0902. The van der Waals surface area contributed by atoms with Crippen LogP contribution in [0.25, 0.3) is 11.0 Å². The molecule has 0 aliphatic carbocycles. The van der Waals surface area contributed by atoms with E-state index in [1.807, 2.05) is 61.1 Å². The maximum absolute atomic E-state index is 13.1. The van der Waals surface area contributed by atoms with Crippen LogP contribution in [0.3, 0.4) is 0 Å². The van der Waals surface area contributed by atoms with Crippen LogP contribution >= 0.6 is 0 Å². The van der Waals surface area contributed by atoms with Gasteiger partial charge in [-0.05, 0) is 43.3 Å². The van der Waals surface area contributed by atoms with Crippen LogP contribution in [0.15, 0.2) is 53.2 Å². The van der Waals surface area contributed by atoms with E-state index in [0.29, 0.717) is 23.9 Å². The van der Waals surface area contributed by atoms with Gasteiger partial charge in [-0.15, -0.1) is 0 Å². The first kappa shape index (κ1) is 24.3. The number of amides is 2. The quantitative estimate of drug-likeness (QED) is 0.342. The highest BCUT2D eigenvalue weighted by Crippen LogP contribution is 2.21. The highest BCUT2D eigenvalue weighted by atomic mass is 16.5. The second-order valence-electron chi connectivity index (χ2n) is 9.38. The van der Waals surface area contributed by atoms with Gasteiger partial charge in [-0.1, -0.05) is 43.3 Å². The van der Waals surface area contributed by atoms with E-state index >= 15 is 0 Å². The average molecular weight is 477 g/mol. The van der Waals surface area contributed by atoms with Crippen molar-refractivity contribution in [3.8, 4) is 0 Å². The number of benzene rings is 1. The van der Waals surface area contributed by atoms with Crippen molar-refractivity contribution in [2.24, 2.45) is 7.05 Å². The summed E-state index contributed by atoms with van der Waals surface area (Å²) in [6.07, 6.45) is 1.94. The van der Waals surface area contributed by atoms with Gasteiger partial charge in [-0.2, -0.15) is 0 Å². The largest absolute Gasteiger partial charge is 0.359 e. The number of hydrogen-bond donors (Lipinski definition) is 3. The van der Waals surface area contributed by atoms with E-state index in [1.54, 1.807) is 6.07 Å². The van der Waals surface area contributed by atoms with Gasteiger partial charge in [0.2, 0.25) is 0 Å². The zero-order valence-electron chi connectivity index (χ0n) is 20.8. The predicted octanol–water partition coefficient (Wildman–Crippen LogP) is 3.58. The molecule has 9 nitrogen and oxygen atoms in total. The van der Waals surface area contributed by atoms with Crippen LogP contribution in [0.1, 0.15) is 63.7 Å². The minimum absolute atomic E-state index is 0.196. The molecule has 0 spiro atoms. The van der Waals surface area contributed by atoms with Gasteiger partial charge in [-0.25, -0.2) is 0 Å². The average Bonchev–Trinajstić information content (AvgIpc) is 3.54. The molecule has 2 amide bonds. The molecule has 3 aromatic heterocycles. The highest BCUT2D eigenvalue weighted by Gasteiger charge is 2.21. The van der Waals surface area contributed by atoms with Crippen LogP contribution in [-0.4, -0.2) is 52.1 Å². The fraction of sp³-hybridized carbons (Fsp3) is 0.346. The Morgan fingerprint density at radius 1 is 1.09 bits per heavy atom. The molecule has 0 aliphatic rings. The van der Waals surface area contributed by atoms with Gasteiger partial charge < -0.3 is 29.6 Å². The normalized spacial score (nSPS) is 12.4. The summed E-state index contributed by atoms with van der Waals surface area (Å²) in [5, 5.41) is 9.82. The number of nitrogens with zero attached hydrogens (tertiary/aromatic N) is 3. The molecular weight excluding hydrogens is 444 g/mol. The number of hydrogen-bond acceptors (Lipinski definition) is 5. The van der Waals surface area contributed by atoms with Crippen molar-refractivity contribution in [2.45, 2.75) is 32.4 Å². The van der Waals surface area contributed by atoms with Crippen molar-refractivity contribution >= 4 is 22.8 Å². The van der Waals surface area contributed by atoms with Crippen molar-refractivity contribution < 1.29 is 14.1 Å². The first-order chi connectivity index (χ1) is 16.7. The number of fused-ring (bicyclic) bond motifs is 1. The third kappa shape index (κ3) is 5.63. The summed E-state index contributed by atoms with van der Waals surface area (Å²) in [5.41, 5.74) is 4.61. The van der Waals surface area contributed by atoms with Gasteiger partial charge in [0.25, 0.3) is 11.8 Å². The molecular formula is C26H32N6O3. The van der Waals surface area contributed by atoms with Crippen molar-refractivity contribution in [2.75, 3.05) is 20.6 Å². The number of aromatic amines is 1. The maximum atomic E-state index is 13.1. The summed E-state index contributed by atoms with van der Waals surface area (Å²) in [7, 11) is 5.75. The molecule has 1 atom stereocenters. The lowest BCUT2D eigenvalue weighted by atomic mass is 9.99. The Morgan fingerprint density at radius 3 is 2.46 bits per heavy atom. The van der Waals surface area contributed by atoms with E-state index in [9.17, 15) is 9.59 Å². The molecule has 0 saturated heterocycles. The topological polar surface area (TPSA) is 108 Å². The van der Waals surface area contributed by atoms with Crippen LogP contribution in [0.5, 0.6) is 0 Å². The van der Waals surface area contributed by atoms with Crippen LogP contribution in [0, 0.1) is 0 Å². The standard InChI is InChI=1S/C26H32N6O3/c1-16(2)17-6-8-18(9-7-17)23(14-27-25(33)22-12-19(35-30-22)15-31(3)4)29-26(34)21-13-24-20(28-21)10-11-32(24)5/h6-13,16,23,28H,14-15H2,1-5H3,(H,27,33)(H,29,34).